The standard InChI is InChI=1S/C20H15NO6/c22-16-3-1-2-14(12-16)20(23)11-10-18-8-9-19(27-18)13-26-17-6-4-15(5-7-17)21(24)25/h1-12,22H,13H2/b11-10+. The third kappa shape index (κ3) is 4.82. The van der Waals surface area contributed by atoms with Crippen LogP contribution < -0.4 is 4.74 Å². The van der Waals surface area contributed by atoms with E-state index in [-0.39, 0.29) is 23.8 Å². The minimum Gasteiger partial charge on any atom is -0.508 e. The number of nitro benzene ring substituents is 1. The molecule has 0 aliphatic carbocycles. The molecule has 0 bridgehead atoms. The summed E-state index contributed by atoms with van der Waals surface area (Å²) < 4.78 is 11.1. The Morgan fingerprint density at radius 1 is 1.15 bits per heavy atom. The number of phenols is 1. The van der Waals surface area contributed by atoms with Crippen molar-refractivity contribution in [3.8, 4) is 11.5 Å². The molecule has 0 aliphatic rings. The lowest BCUT2D eigenvalue weighted by atomic mass is 10.1. The summed E-state index contributed by atoms with van der Waals surface area (Å²) in [6.45, 7) is 0.145. The number of aromatic hydroxyl groups is 1. The summed E-state index contributed by atoms with van der Waals surface area (Å²) in [5.41, 5.74) is 0.365. The van der Waals surface area contributed by atoms with E-state index in [1.54, 1.807) is 24.3 Å². The number of hydrogen-bond donors (Lipinski definition) is 1. The van der Waals surface area contributed by atoms with E-state index in [9.17, 15) is 20.0 Å². The SMILES string of the molecule is O=C(/C=C/c1ccc(COc2ccc([N+](=O)[O-])cc2)o1)c1cccc(O)c1. The fraction of sp³-hybridized carbons (Fsp3) is 0.0500. The Bertz CT molecular complexity index is 988. The minimum absolute atomic E-state index is 0.0100. The number of furan rings is 1. The van der Waals surface area contributed by atoms with Crippen molar-refractivity contribution in [2.24, 2.45) is 0 Å². The number of nitro groups is 1. The van der Waals surface area contributed by atoms with Crippen molar-refractivity contribution >= 4 is 17.5 Å². The first-order valence-corrected chi connectivity index (χ1v) is 7.99. The summed E-state index contributed by atoms with van der Waals surface area (Å²) in [6, 6.07) is 15.2. The van der Waals surface area contributed by atoms with E-state index in [1.165, 1.54) is 48.6 Å². The largest absolute Gasteiger partial charge is 0.508 e. The van der Waals surface area contributed by atoms with Gasteiger partial charge >= 0.3 is 0 Å². The summed E-state index contributed by atoms with van der Waals surface area (Å²) in [7, 11) is 0. The van der Waals surface area contributed by atoms with Crippen molar-refractivity contribution in [1.82, 2.24) is 0 Å². The van der Waals surface area contributed by atoms with E-state index in [1.807, 2.05) is 0 Å². The maximum Gasteiger partial charge on any atom is 0.269 e. The van der Waals surface area contributed by atoms with Crippen LogP contribution in [0.15, 0.2) is 71.2 Å². The van der Waals surface area contributed by atoms with Crippen molar-refractivity contribution in [3.63, 3.8) is 0 Å². The van der Waals surface area contributed by atoms with Gasteiger partial charge in [0.25, 0.3) is 5.69 Å². The number of non-ortho nitro benzene ring substituents is 1. The predicted octanol–water partition coefficient (Wildman–Crippen LogP) is 4.37. The van der Waals surface area contributed by atoms with Crippen LogP contribution >= 0.6 is 0 Å². The molecule has 7 nitrogen and oxygen atoms in total. The van der Waals surface area contributed by atoms with Gasteiger partial charge in [-0.1, -0.05) is 12.1 Å². The zero-order valence-electron chi connectivity index (χ0n) is 14.1. The van der Waals surface area contributed by atoms with E-state index in [4.69, 9.17) is 9.15 Å². The van der Waals surface area contributed by atoms with Gasteiger partial charge in [-0.25, -0.2) is 0 Å². The van der Waals surface area contributed by atoms with Crippen LogP contribution in [-0.4, -0.2) is 15.8 Å². The highest BCUT2D eigenvalue weighted by molar-refractivity contribution is 6.06. The number of ether oxygens (including phenoxy) is 1. The van der Waals surface area contributed by atoms with Crippen molar-refractivity contribution in [2.45, 2.75) is 6.61 Å². The Balaban J connectivity index is 1.58. The fourth-order valence-corrected chi connectivity index (χ4v) is 2.29. The van der Waals surface area contributed by atoms with Crippen LogP contribution in [0, 0.1) is 10.1 Å². The second-order valence-electron chi connectivity index (χ2n) is 5.59. The Hall–Kier alpha value is -3.87. The third-order valence-electron chi connectivity index (χ3n) is 3.64. The predicted molar refractivity (Wildman–Crippen MR) is 97.6 cm³/mol. The average Bonchev–Trinajstić information content (AvgIpc) is 3.12. The van der Waals surface area contributed by atoms with Crippen LogP contribution in [0.4, 0.5) is 5.69 Å². The topological polar surface area (TPSA) is 103 Å². The van der Waals surface area contributed by atoms with Gasteiger partial charge in [0.2, 0.25) is 0 Å². The van der Waals surface area contributed by atoms with E-state index in [0.29, 0.717) is 22.8 Å². The molecule has 0 saturated heterocycles. The molecule has 0 amide bonds. The van der Waals surface area contributed by atoms with Crippen LogP contribution in [0.5, 0.6) is 11.5 Å². The molecular weight excluding hydrogens is 350 g/mol. The molecule has 7 heteroatoms. The summed E-state index contributed by atoms with van der Waals surface area (Å²) >= 11 is 0. The number of nitrogens with zero attached hydrogens (tertiary/aromatic N) is 1. The van der Waals surface area contributed by atoms with Gasteiger partial charge in [0.1, 0.15) is 29.6 Å². The molecular formula is C20H15NO6. The Morgan fingerprint density at radius 2 is 1.93 bits per heavy atom. The van der Waals surface area contributed by atoms with Crippen molar-refractivity contribution in [2.75, 3.05) is 0 Å². The molecule has 1 aromatic heterocycles. The van der Waals surface area contributed by atoms with E-state index >= 15 is 0 Å². The molecule has 3 rings (SSSR count). The molecule has 0 radical (unpaired) electrons. The number of rotatable bonds is 7. The highest BCUT2D eigenvalue weighted by Gasteiger charge is 2.07. The number of benzene rings is 2. The lowest BCUT2D eigenvalue weighted by molar-refractivity contribution is -0.384. The van der Waals surface area contributed by atoms with Crippen molar-refractivity contribution in [3.05, 3.63) is 93.9 Å². The first-order valence-electron chi connectivity index (χ1n) is 7.99. The van der Waals surface area contributed by atoms with E-state index in [0.717, 1.165) is 0 Å². The molecule has 0 aliphatic heterocycles. The summed E-state index contributed by atoms with van der Waals surface area (Å²) in [5, 5.41) is 20.0. The molecule has 0 fully saturated rings. The van der Waals surface area contributed by atoms with Crippen LogP contribution in [0.2, 0.25) is 0 Å². The molecule has 2 aromatic carbocycles. The van der Waals surface area contributed by atoms with Crippen molar-refractivity contribution in [1.29, 1.82) is 0 Å². The molecule has 0 saturated carbocycles. The van der Waals surface area contributed by atoms with Gasteiger partial charge in [0.05, 0.1) is 4.92 Å². The summed E-state index contributed by atoms with van der Waals surface area (Å²) in [4.78, 5) is 22.2. The number of ketones is 1. The highest BCUT2D eigenvalue weighted by Crippen LogP contribution is 2.19. The number of allylic oxidation sites excluding steroid dienone is 1. The van der Waals surface area contributed by atoms with Crippen molar-refractivity contribution < 1.29 is 24.0 Å². The van der Waals surface area contributed by atoms with E-state index < -0.39 is 4.92 Å². The quantitative estimate of drug-likeness (QED) is 0.289. The zero-order valence-corrected chi connectivity index (χ0v) is 14.1. The number of phenolic OH excluding ortho intramolecular Hbond substituents is 1. The van der Waals surface area contributed by atoms with Gasteiger partial charge in [-0.3, -0.25) is 14.9 Å². The maximum absolute atomic E-state index is 12.1. The molecule has 136 valence electrons. The molecule has 0 atom stereocenters. The van der Waals surface area contributed by atoms with E-state index in [2.05, 4.69) is 0 Å². The van der Waals surface area contributed by atoms with Crippen LogP contribution in [-0.2, 0) is 6.61 Å². The molecule has 1 N–H and O–H groups in total. The number of carbonyl (C=O) groups is 1. The molecule has 0 unspecified atom stereocenters. The second kappa shape index (κ2) is 8.01. The first-order chi connectivity index (χ1) is 13.0. The Morgan fingerprint density at radius 3 is 2.63 bits per heavy atom. The first kappa shape index (κ1) is 17.9. The lowest BCUT2D eigenvalue weighted by Gasteiger charge is -2.03. The Kier molecular flexibility index (Phi) is 5.32. The average molecular weight is 365 g/mol. The highest BCUT2D eigenvalue weighted by atomic mass is 16.6. The maximum atomic E-state index is 12.1. The second-order valence-corrected chi connectivity index (χ2v) is 5.59. The normalized spacial score (nSPS) is 10.8. The third-order valence-corrected chi connectivity index (χ3v) is 3.64. The van der Waals surface area contributed by atoms with Gasteiger partial charge < -0.3 is 14.3 Å². The van der Waals surface area contributed by atoms with Gasteiger partial charge in [0.15, 0.2) is 5.78 Å². The van der Waals surface area contributed by atoms with Gasteiger partial charge in [-0.15, -0.1) is 0 Å². The van der Waals surface area contributed by atoms with Gasteiger partial charge in [-0.2, -0.15) is 0 Å². The van der Waals surface area contributed by atoms with Crippen LogP contribution in [0.25, 0.3) is 6.08 Å². The van der Waals surface area contributed by atoms with Gasteiger partial charge in [-0.05, 0) is 48.6 Å². The zero-order chi connectivity index (χ0) is 19.2. The number of hydrogen-bond acceptors (Lipinski definition) is 6. The number of carbonyl (C=O) groups excluding carboxylic acids is 1. The van der Waals surface area contributed by atoms with Crippen LogP contribution in [0.1, 0.15) is 21.9 Å². The molecule has 0 spiro atoms. The molecule has 3 aromatic rings. The minimum atomic E-state index is -0.479. The molecule has 27 heavy (non-hydrogen) atoms. The lowest BCUT2D eigenvalue weighted by Crippen LogP contribution is -1.94. The fourth-order valence-electron chi connectivity index (χ4n) is 2.29. The summed E-state index contributed by atoms with van der Waals surface area (Å²) in [5.74, 6) is 1.26. The van der Waals surface area contributed by atoms with Crippen LogP contribution in [0.3, 0.4) is 0 Å². The monoisotopic (exact) mass is 365 g/mol. The summed E-state index contributed by atoms with van der Waals surface area (Å²) in [6.07, 6.45) is 2.89. The smallest absolute Gasteiger partial charge is 0.269 e. The van der Waals surface area contributed by atoms with Gasteiger partial charge in [0, 0.05) is 17.7 Å². The Labute approximate surface area is 154 Å². The molecule has 1 heterocycles.